The molecule has 7 heteroatoms. The van der Waals surface area contributed by atoms with Crippen molar-refractivity contribution in [3.05, 3.63) is 29.8 Å². The summed E-state index contributed by atoms with van der Waals surface area (Å²) in [5.74, 6) is 0. The van der Waals surface area contributed by atoms with Gasteiger partial charge in [-0.05, 0) is 45.9 Å². The molecule has 1 aromatic carbocycles. The fraction of sp³-hybridized carbons (Fsp3) is 0.588. The number of carbonyl (C=O) groups is 1. The van der Waals surface area contributed by atoms with Gasteiger partial charge in [-0.1, -0.05) is 6.07 Å². The van der Waals surface area contributed by atoms with Crippen LogP contribution in [0.15, 0.2) is 24.3 Å². The Labute approximate surface area is 140 Å². The number of hydrogen-bond donors (Lipinski definition) is 0. The summed E-state index contributed by atoms with van der Waals surface area (Å²) in [6.45, 7) is 8.56. The van der Waals surface area contributed by atoms with Gasteiger partial charge < -0.3 is 14.5 Å². The van der Waals surface area contributed by atoms with E-state index in [0.717, 1.165) is 12.1 Å². The number of rotatable bonds is 1. The highest BCUT2D eigenvalue weighted by Gasteiger charge is 2.33. The smallest absolute Gasteiger partial charge is 0.416 e. The Morgan fingerprint density at radius 2 is 1.88 bits per heavy atom. The number of carbonyl (C=O) groups excluding carboxylic acids is 1. The van der Waals surface area contributed by atoms with Gasteiger partial charge in [0, 0.05) is 31.4 Å². The molecule has 134 valence electrons. The van der Waals surface area contributed by atoms with E-state index in [1.807, 2.05) is 11.8 Å². The van der Waals surface area contributed by atoms with Crippen molar-refractivity contribution in [1.82, 2.24) is 4.90 Å². The first-order valence-electron chi connectivity index (χ1n) is 7.89. The summed E-state index contributed by atoms with van der Waals surface area (Å²) in [4.78, 5) is 15.6. The highest BCUT2D eigenvalue weighted by molar-refractivity contribution is 5.69. The van der Waals surface area contributed by atoms with Crippen LogP contribution in [0, 0.1) is 0 Å². The first kappa shape index (κ1) is 18.4. The number of piperazine rings is 1. The van der Waals surface area contributed by atoms with Gasteiger partial charge in [0.15, 0.2) is 0 Å². The number of amides is 1. The molecule has 0 aromatic heterocycles. The van der Waals surface area contributed by atoms with Gasteiger partial charge in [-0.2, -0.15) is 13.2 Å². The molecule has 24 heavy (non-hydrogen) atoms. The van der Waals surface area contributed by atoms with Gasteiger partial charge >= 0.3 is 12.3 Å². The Bertz CT molecular complexity index is 596. The number of anilines is 1. The molecule has 0 bridgehead atoms. The van der Waals surface area contributed by atoms with E-state index in [2.05, 4.69) is 0 Å². The average molecular weight is 344 g/mol. The SMILES string of the molecule is C[C@H]1CN(C(=O)OC(C)(C)C)CCN1c1cccc(C(F)(F)F)c1. The van der Waals surface area contributed by atoms with Crippen molar-refractivity contribution in [2.45, 2.75) is 45.5 Å². The van der Waals surface area contributed by atoms with E-state index in [0.29, 0.717) is 25.3 Å². The Hall–Kier alpha value is -1.92. The molecule has 1 saturated heterocycles. The molecule has 1 aromatic rings. The van der Waals surface area contributed by atoms with Crippen molar-refractivity contribution >= 4 is 11.8 Å². The second-order valence-electron chi connectivity index (χ2n) is 7.02. The number of nitrogens with zero attached hydrogens (tertiary/aromatic N) is 2. The van der Waals surface area contributed by atoms with E-state index in [9.17, 15) is 18.0 Å². The molecule has 0 spiro atoms. The maximum Gasteiger partial charge on any atom is 0.416 e. The van der Waals surface area contributed by atoms with E-state index in [1.165, 1.54) is 6.07 Å². The molecule has 0 radical (unpaired) electrons. The molecule has 1 aliphatic heterocycles. The highest BCUT2D eigenvalue weighted by Crippen LogP contribution is 2.32. The van der Waals surface area contributed by atoms with Crippen LogP contribution in [0.5, 0.6) is 0 Å². The van der Waals surface area contributed by atoms with Crippen molar-refractivity contribution < 1.29 is 22.7 Å². The van der Waals surface area contributed by atoms with Gasteiger partial charge in [-0.3, -0.25) is 0 Å². The Kier molecular flexibility index (Phi) is 5.01. The van der Waals surface area contributed by atoms with E-state index in [4.69, 9.17) is 4.74 Å². The van der Waals surface area contributed by atoms with Gasteiger partial charge in [-0.15, -0.1) is 0 Å². The summed E-state index contributed by atoms with van der Waals surface area (Å²) in [6, 6.07) is 5.18. The molecule has 1 atom stereocenters. The summed E-state index contributed by atoms with van der Waals surface area (Å²) in [7, 11) is 0. The topological polar surface area (TPSA) is 32.8 Å². The lowest BCUT2D eigenvalue weighted by Crippen LogP contribution is -2.54. The maximum absolute atomic E-state index is 12.9. The summed E-state index contributed by atoms with van der Waals surface area (Å²) in [6.07, 6.45) is -4.75. The molecular formula is C17H23F3N2O2. The monoisotopic (exact) mass is 344 g/mol. The minimum absolute atomic E-state index is 0.102. The summed E-state index contributed by atoms with van der Waals surface area (Å²) in [5.41, 5.74) is -0.721. The van der Waals surface area contributed by atoms with Crippen molar-refractivity contribution in [2.24, 2.45) is 0 Å². The Morgan fingerprint density at radius 3 is 2.42 bits per heavy atom. The van der Waals surface area contributed by atoms with Crippen LogP contribution >= 0.6 is 0 Å². The summed E-state index contributed by atoms with van der Waals surface area (Å²) < 4.78 is 44.0. The summed E-state index contributed by atoms with van der Waals surface area (Å²) >= 11 is 0. The molecule has 0 N–H and O–H groups in total. The van der Waals surface area contributed by atoms with Crippen LogP contribution in [0.3, 0.4) is 0 Å². The van der Waals surface area contributed by atoms with E-state index in [-0.39, 0.29) is 6.04 Å². The van der Waals surface area contributed by atoms with E-state index in [1.54, 1.807) is 31.7 Å². The minimum Gasteiger partial charge on any atom is -0.444 e. The first-order chi connectivity index (χ1) is 11.0. The zero-order valence-corrected chi connectivity index (χ0v) is 14.4. The Morgan fingerprint density at radius 1 is 1.21 bits per heavy atom. The molecular weight excluding hydrogens is 321 g/mol. The molecule has 1 aliphatic rings. The van der Waals surface area contributed by atoms with E-state index < -0.39 is 23.4 Å². The van der Waals surface area contributed by atoms with Crippen LogP contribution < -0.4 is 4.90 Å². The third kappa shape index (κ3) is 4.55. The molecule has 2 rings (SSSR count). The minimum atomic E-state index is -4.36. The van der Waals surface area contributed by atoms with Gasteiger partial charge in [0.25, 0.3) is 0 Å². The summed E-state index contributed by atoms with van der Waals surface area (Å²) in [5, 5.41) is 0. The molecule has 0 saturated carbocycles. The second kappa shape index (κ2) is 6.53. The zero-order chi connectivity index (χ0) is 18.1. The first-order valence-corrected chi connectivity index (χ1v) is 7.89. The molecule has 0 aliphatic carbocycles. The Balaban J connectivity index is 2.08. The second-order valence-corrected chi connectivity index (χ2v) is 7.02. The quantitative estimate of drug-likeness (QED) is 0.767. The van der Waals surface area contributed by atoms with Crippen LogP contribution in [0.1, 0.15) is 33.3 Å². The van der Waals surface area contributed by atoms with Crippen molar-refractivity contribution in [3.63, 3.8) is 0 Å². The molecule has 1 amide bonds. The predicted octanol–water partition coefficient (Wildman–Crippen LogP) is 4.15. The zero-order valence-electron chi connectivity index (χ0n) is 14.4. The van der Waals surface area contributed by atoms with Gasteiger partial charge in [-0.25, -0.2) is 4.79 Å². The van der Waals surface area contributed by atoms with Crippen LogP contribution in [-0.4, -0.2) is 42.3 Å². The maximum atomic E-state index is 12.9. The average Bonchev–Trinajstić information content (AvgIpc) is 2.44. The van der Waals surface area contributed by atoms with Gasteiger partial charge in [0.1, 0.15) is 5.60 Å². The van der Waals surface area contributed by atoms with Gasteiger partial charge in [0.2, 0.25) is 0 Å². The van der Waals surface area contributed by atoms with Crippen LogP contribution in [0.4, 0.5) is 23.7 Å². The van der Waals surface area contributed by atoms with Crippen LogP contribution in [0.25, 0.3) is 0 Å². The number of ether oxygens (including phenoxy) is 1. The third-order valence-electron chi connectivity index (χ3n) is 3.78. The normalized spacial score (nSPS) is 19.4. The van der Waals surface area contributed by atoms with Crippen molar-refractivity contribution in [3.8, 4) is 0 Å². The van der Waals surface area contributed by atoms with Crippen molar-refractivity contribution in [1.29, 1.82) is 0 Å². The van der Waals surface area contributed by atoms with E-state index >= 15 is 0 Å². The lowest BCUT2D eigenvalue weighted by Gasteiger charge is -2.41. The lowest BCUT2D eigenvalue weighted by atomic mass is 10.1. The largest absolute Gasteiger partial charge is 0.444 e. The number of benzene rings is 1. The molecule has 0 unspecified atom stereocenters. The fourth-order valence-electron chi connectivity index (χ4n) is 2.69. The third-order valence-corrected chi connectivity index (χ3v) is 3.78. The lowest BCUT2D eigenvalue weighted by molar-refractivity contribution is -0.137. The van der Waals surface area contributed by atoms with Crippen LogP contribution in [0.2, 0.25) is 0 Å². The van der Waals surface area contributed by atoms with Crippen LogP contribution in [-0.2, 0) is 10.9 Å². The van der Waals surface area contributed by atoms with Crippen molar-refractivity contribution in [2.75, 3.05) is 24.5 Å². The fourth-order valence-corrected chi connectivity index (χ4v) is 2.69. The molecule has 1 heterocycles. The molecule has 4 nitrogen and oxygen atoms in total. The number of alkyl halides is 3. The molecule has 1 fully saturated rings. The predicted molar refractivity (Wildman–Crippen MR) is 86.1 cm³/mol. The number of halogens is 3. The highest BCUT2D eigenvalue weighted by atomic mass is 19.4. The number of hydrogen-bond acceptors (Lipinski definition) is 3. The van der Waals surface area contributed by atoms with Gasteiger partial charge in [0.05, 0.1) is 5.56 Å². The standard InChI is InChI=1S/C17H23F3N2O2/c1-12-11-21(15(23)24-16(2,3)4)8-9-22(12)14-7-5-6-13(10-14)17(18,19)20/h5-7,10,12H,8-9,11H2,1-4H3/t12-/m0/s1.